The molecule has 1 heterocycles. The molecule has 1 saturated heterocycles. The normalized spacial score (nSPS) is 17.8. The summed E-state index contributed by atoms with van der Waals surface area (Å²) in [6.07, 6.45) is 2.85. The maximum Gasteiger partial charge on any atom is 0.233 e. The Balaban J connectivity index is 1.44. The van der Waals surface area contributed by atoms with Crippen LogP contribution in [0.3, 0.4) is 0 Å². The average Bonchev–Trinajstić information content (AvgIpc) is 2.74. The van der Waals surface area contributed by atoms with Crippen LogP contribution < -0.4 is 15.0 Å². The second-order valence-electron chi connectivity index (χ2n) is 8.17. The number of benzene rings is 2. The minimum atomic E-state index is -0.410. The van der Waals surface area contributed by atoms with Crippen LogP contribution >= 0.6 is 0 Å². The maximum absolute atomic E-state index is 13.5. The largest absolute Gasteiger partial charge is 0.497 e. The Morgan fingerprint density at radius 1 is 1.00 bits per heavy atom. The van der Waals surface area contributed by atoms with Gasteiger partial charge in [0.1, 0.15) is 5.75 Å². The van der Waals surface area contributed by atoms with Gasteiger partial charge in [0.25, 0.3) is 0 Å². The zero-order valence-electron chi connectivity index (χ0n) is 17.7. The van der Waals surface area contributed by atoms with Crippen molar-refractivity contribution in [3.05, 3.63) is 54.1 Å². The van der Waals surface area contributed by atoms with Crippen LogP contribution in [-0.2, 0) is 15.0 Å². The highest BCUT2D eigenvalue weighted by Gasteiger charge is 2.48. The molecule has 1 saturated carbocycles. The number of carbonyl (C=O) groups excluding carboxylic acids is 2. The van der Waals surface area contributed by atoms with Gasteiger partial charge in [0.05, 0.1) is 12.5 Å². The molecule has 1 N–H and O–H groups in total. The van der Waals surface area contributed by atoms with Gasteiger partial charge in [0, 0.05) is 50.5 Å². The number of methoxy groups -OCH3 is 1. The molecule has 0 radical (unpaired) electrons. The Morgan fingerprint density at radius 2 is 1.70 bits per heavy atom. The second-order valence-corrected chi connectivity index (χ2v) is 8.17. The Hall–Kier alpha value is -3.02. The minimum Gasteiger partial charge on any atom is -0.497 e. The zero-order valence-corrected chi connectivity index (χ0v) is 17.7. The van der Waals surface area contributed by atoms with Crippen LogP contribution in [0.2, 0.25) is 0 Å². The predicted octanol–water partition coefficient (Wildman–Crippen LogP) is 3.42. The number of ether oxygens (including phenoxy) is 1. The van der Waals surface area contributed by atoms with Gasteiger partial charge < -0.3 is 19.9 Å². The number of nitrogens with zero attached hydrogens (tertiary/aromatic N) is 2. The molecule has 0 unspecified atom stereocenters. The monoisotopic (exact) mass is 407 g/mol. The van der Waals surface area contributed by atoms with Crippen LogP contribution in [-0.4, -0.2) is 50.0 Å². The molecule has 6 heteroatoms. The molecule has 0 aromatic heterocycles. The summed E-state index contributed by atoms with van der Waals surface area (Å²) >= 11 is 0. The maximum atomic E-state index is 13.5. The number of anilines is 2. The minimum absolute atomic E-state index is 0.0916. The number of hydrogen-bond donors (Lipinski definition) is 1. The van der Waals surface area contributed by atoms with Gasteiger partial charge in [-0.15, -0.1) is 0 Å². The van der Waals surface area contributed by atoms with Crippen molar-refractivity contribution in [3.63, 3.8) is 0 Å². The Morgan fingerprint density at radius 3 is 2.27 bits per heavy atom. The standard InChI is InChI=1S/C24H29N3O3/c1-18(28)25-20-9-7-19(8-10-20)24(11-4-12-24)23(29)27-15-13-26(14-16-27)21-5-3-6-22(17-21)30-2/h3,5-10,17H,4,11-16H2,1-2H3,(H,25,28). The molecule has 0 bridgehead atoms. The molecule has 2 fully saturated rings. The Labute approximate surface area is 177 Å². The molecule has 6 nitrogen and oxygen atoms in total. The van der Waals surface area contributed by atoms with Gasteiger partial charge in [0.15, 0.2) is 0 Å². The summed E-state index contributed by atoms with van der Waals surface area (Å²) in [6.45, 7) is 4.58. The smallest absolute Gasteiger partial charge is 0.233 e. The molecule has 30 heavy (non-hydrogen) atoms. The Bertz CT molecular complexity index is 914. The molecule has 2 amide bonds. The zero-order chi connectivity index (χ0) is 21.1. The fourth-order valence-electron chi connectivity index (χ4n) is 4.51. The van der Waals surface area contributed by atoms with Crippen molar-refractivity contribution in [2.45, 2.75) is 31.6 Å². The van der Waals surface area contributed by atoms with E-state index in [4.69, 9.17) is 4.74 Å². The average molecular weight is 408 g/mol. The second kappa shape index (κ2) is 8.38. The van der Waals surface area contributed by atoms with E-state index in [0.717, 1.165) is 68.1 Å². The van der Waals surface area contributed by atoms with Crippen molar-refractivity contribution in [1.82, 2.24) is 4.90 Å². The summed E-state index contributed by atoms with van der Waals surface area (Å²) < 4.78 is 5.34. The van der Waals surface area contributed by atoms with Crippen molar-refractivity contribution < 1.29 is 14.3 Å². The van der Waals surface area contributed by atoms with Crippen molar-refractivity contribution >= 4 is 23.2 Å². The van der Waals surface area contributed by atoms with Crippen LogP contribution in [0.1, 0.15) is 31.7 Å². The van der Waals surface area contributed by atoms with Crippen LogP contribution in [0, 0.1) is 0 Å². The third-order valence-electron chi connectivity index (χ3n) is 6.36. The summed E-state index contributed by atoms with van der Waals surface area (Å²) in [7, 11) is 1.68. The lowest BCUT2D eigenvalue weighted by atomic mass is 9.63. The fraction of sp³-hybridized carbons (Fsp3) is 0.417. The van der Waals surface area contributed by atoms with E-state index in [1.165, 1.54) is 6.92 Å². The van der Waals surface area contributed by atoms with Gasteiger partial charge in [0.2, 0.25) is 11.8 Å². The summed E-state index contributed by atoms with van der Waals surface area (Å²) in [4.78, 5) is 29.1. The van der Waals surface area contributed by atoms with Gasteiger partial charge in [-0.2, -0.15) is 0 Å². The number of nitrogens with one attached hydrogen (secondary N) is 1. The first-order chi connectivity index (χ1) is 14.5. The fourth-order valence-corrected chi connectivity index (χ4v) is 4.51. The molecule has 4 rings (SSSR count). The highest BCUT2D eigenvalue weighted by Crippen LogP contribution is 2.45. The quantitative estimate of drug-likeness (QED) is 0.825. The summed E-state index contributed by atoms with van der Waals surface area (Å²) in [5.41, 5.74) is 2.55. The molecular weight excluding hydrogens is 378 g/mol. The van der Waals surface area contributed by atoms with E-state index in [2.05, 4.69) is 16.3 Å². The molecule has 0 atom stereocenters. The summed E-state index contributed by atoms with van der Waals surface area (Å²) in [5, 5.41) is 2.79. The van der Waals surface area contributed by atoms with E-state index in [1.54, 1.807) is 7.11 Å². The summed E-state index contributed by atoms with van der Waals surface area (Å²) in [6, 6.07) is 15.9. The lowest BCUT2D eigenvalue weighted by Gasteiger charge is -2.46. The van der Waals surface area contributed by atoms with E-state index in [-0.39, 0.29) is 11.8 Å². The molecule has 2 aromatic carbocycles. The van der Waals surface area contributed by atoms with Crippen molar-refractivity contribution in [3.8, 4) is 5.75 Å². The van der Waals surface area contributed by atoms with Crippen LogP contribution in [0.25, 0.3) is 0 Å². The topological polar surface area (TPSA) is 61.9 Å². The van der Waals surface area contributed by atoms with Gasteiger partial charge in [-0.1, -0.05) is 24.6 Å². The van der Waals surface area contributed by atoms with E-state index >= 15 is 0 Å². The third-order valence-corrected chi connectivity index (χ3v) is 6.36. The molecular formula is C24H29N3O3. The van der Waals surface area contributed by atoms with Crippen molar-refractivity contribution in [1.29, 1.82) is 0 Å². The molecule has 0 spiro atoms. The molecule has 158 valence electrons. The number of rotatable bonds is 5. The van der Waals surface area contributed by atoms with Gasteiger partial charge >= 0.3 is 0 Å². The van der Waals surface area contributed by atoms with E-state index in [1.807, 2.05) is 47.4 Å². The van der Waals surface area contributed by atoms with Gasteiger partial charge in [-0.05, 0) is 42.7 Å². The van der Waals surface area contributed by atoms with Crippen LogP contribution in [0.15, 0.2) is 48.5 Å². The number of hydrogen-bond acceptors (Lipinski definition) is 4. The predicted molar refractivity (Wildman–Crippen MR) is 118 cm³/mol. The van der Waals surface area contributed by atoms with E-state index < -0.39 is 5.41 Å². The first-order valence-electron chi connectivity index (χ1n) is 10.6. The number of carbonyl (C=O) groups is 2. The van der Waals surface area contributed by atoms with Crippen molar-refractivity contribution in [2.75, 3.05) is 43.5 Å². The molecule has 1 aliphatic heterocycles. The lowest BCUT2D eigenvalue weighted by molar-refractivity contribution is -0.141. The van der Waals surface area contributed by atoms with E-state index in [9.17, 15) is 9.59 Å². The Kier molecular flexibility index (Phi) is 5.66. The van der Waals surface area contributed by atoms with Crippen LogP contribution in [0.5, 0.6) is 5.75 Å². The van der Waals surface area contributed by atoms with E-state index in [0.29, 0.717) is 0 Å². The lowest BCUT2D eigenvalue weighted by Crippen LogP contribution is -2.56. The molecule has 1 aliphatic carbocycles. The highest BCUT2D eigenvalue weighted by atomic mass is 16.5. The van der Waals surface area contributed by atoms with Crippen LogP contribution in [0.4, 0.5) is 11.4 Å². The number of amides is 2. The van der Waals surface area contributed by atoms with Crippen molar-refractivity contribution in [2.24, 2.45) is 0 Å². The number of piperazine rings is 1. The third kappa shape index (κ3) is 3.86. The SMILES string of the molecule is COc1cccc(N2CCN(C(=O)C3(c4ccc(NC(C)=O)cc4)CCC3)CC2)c1. The molecule has 2 aromatic rings. The van der Waals surface area contributed by atoms with Gasteiger partial charge in [-0.25, -0.2) is 0 Å². The first-order valence-corrected chi connectivity index (χ1v) is 10.6. The highest BCUT2D eigenvalue weighted by molar-refractivity contribution is 5.91. The van der Waals surface area contributed by atoms with Gasteiger partial charge in [-0.3, -0.25) is 9.59 Å². The first kappa shape index (κ1) is 20.3. The summed E-state index contributed by atoms with van der Waals surface area (Å²) in [5.74, 6) is 1.000. The molecule has 2 aliphatic rings.